The zero-order valence-corrected chi connectivity index (χ0v) is 22.9. The van der Waals surface area contributed by atoms with E-state index in [-0.39, 0.29) is 34.3 Å². The number of halogens is 1. The summed E-state index contributed by atoms with van der Waals surface area (Å²) in [5.74, 6) is 1.77. The molecule has 3 N–H and O–H groups in total. The van der Waals surface area contributed by atoms with Gasteiger partial charge in [0, 0.05) is 48.8 Å². The minimum Gasteiger partial charge on any atom is -0.461 e. The average molecular weight is 570 g/mol. The maximum absolute atomic E-state index is 14.3. The molecule has 39 heavy (non-hydrogen) atoms. The van der Waals surface area contributed by atoms with E-state index >= 15 is 0 Å². The summed E-state index contributed by atoms with van der Waals surface area (Å²) in [6.07, 6.45) is 2.33. The predicted octanol–water partition coefficient (Wildman–Crippen LogP) is 1.38. The van der Waals surface area contributed by atoms with Crippen molar-refractivity contribution in [1.29, 1.82) is 5.26 Å². The number of carbonyl (C=O) groups excluding carboxylic acids is 1. The Bertz CT molecular complexity index is 1420. The van der Waals surface area contributed by atoms with E-state index in [0.29, 0.717) is 61.7 Å². The molecule has 0 saturated carbocycles. The van der Waals surface area contributed by atoms with Crippen molar-refractivity contribution < 1.29 is 13.9 Å². The number of amides is 1. The minimum absolute atomic E-state index is 0.0146. The van der Waals surface area contributed by atoms with Crippen molar-refractivity contribution in [2.75, 3.05) is 54.9 Å². The number of fused-ring (bicyclic) bond motifs is 5. The number of thiophene rings is 1. The molecule has 6 aliphatic rings. The summed E-state index contributed by atoms with van der Waals surface area (Å²) < 4.78 is 20.3. The van der Waals surface area contributed by atoms with Crippen LogP contribution in [0.15, 0.2) is 0 Å². The molecule has 8 heterocycles. The van der Waals surface area contributed by atoms with E-state index in [1.54, 1.807) is 0 Å². The van der Waals surface area contributed by atoms with Crippen molar-refractivity contribution in [1.82, 2.24) is 25.2 Å². The number of hydrogen-bond acceptors (Lipinski definition) is 12. The first-order valence-corrected chi connectivity index (χ1v) is 15.2. The van der Waals surface area contributed by atoms with Crippen LogP contribution in [0.2, 0.25) is 0 Å². The molecular weight excluding hydrogens is 541 g/mol. The molecule has 2 aromatic rings. The zero-order valence-electron chi connectivity index (χ0n) is 21.2. The molecule has 2 bridgehead atoms. The van der Waals surface area contributed by atoms with Crippen LogP contribution in [0.5, 0.6) is 6.01 Å². The number of aromatic nitrogens is 3. The van der Waals surface area contributed by atoms with Crippen LogP contribution in [0.4, 0.5) is 21.3 Å². The number of nitriles is 1. The summed E-state index contributed by atoms with van der Waals surface area (Å²) >= 11 is 3.35. The maximum Gasteiger partial charge on any atom is 0.323 e. The third kappa shape index (κ3) is 3.42. The quantitative estimate of drug-likeness (QED) is 0.540. The summed E-state index contributed by atoms with van der Waals surface area (Å²) in [4.78, 5) is 34.1. The van der Waals surface area contributed by atoms with Crippen LogP contribution in [0.25, 0.3) is 0 Å². The van der Waals surface area contributed by atoms with Gasteiger partial charge in [-0.25, -0.2) is 4.39 Å². The van der Waals surface area contributed by atoms with Crippen LogP contribution in [-0.2, 0) is 15.3 Å². The minimum atomic E-state index is -0.840. The highest BCUT2D eigenvalue weighted by molar-refractivity contribution is 8.00. The fourth-order valence-electron chi connectivity index (χ4n) is 7.39. The molecule has 0 aliphatic carbocycles. The number of alkyl halides is 1. The molecule has 5 fully saturated rings. The van der Waals surface area contributed by atoms with Gasteiger partial charge < -0.3 is 25.6 Å². The van der Waals surface area contributed by atoms with E-state index in [9.17, 15) is 14.4 Å². The highest BCUT2D eigenvalue weighted by Crippen LogP contribution is 2.57. The number of thioether (sulfide) groups is 1. The molecule has 6 aliphatic heterocycles. The van der Waals surface area contributed by atoms with Gasteiger partial charge in [-0.15, -0.1) is 23.1 Å². The average Bonchev–Trinajstić information content (AvgIpc) is 3.59. The molecule has 2 aromatic heterocycles. The predicted molar refractivity (Wildman–Crippen MR) is 145 cm³/mol. The fourth-order valence-corrected chi connectivity index (χ4v) is 10.2. The van der Waals surface area contributed by atoms with Crippen molar-refractivity contribution in [3.8, 4) is 12.1 Å². The first-order valence-electron chi connectivity index (χ1n) is 13.4. The van der Waals surface area contributed by atoms with Crippen LogP contribution in [0.3, 0.4) is 0 Å². The van der Waals surface area contributed by atoms with Crippen molar-refractivity contribution in [3.63, 3.8) is 0 Å². The van der Waals surface area contributed by atoms with E-state index < -0.39 is 6.17 Å². The first-order chi connectivity index (χ1) is 18.9. The Kier molecular flexibility index (Phi) is 5.10. The maximum atomic E-state index is 14.3. The molecule has 5 saturated heterocycles. The highest BCUT2D eigenvalue weighted by atomic mass is 32.2. The molecule has 8 rings (SSSR count). The van der Waals surface area contributed by atoms with Crippen LogP contribution < -0.4 is 25.6 Å². The fraction of sp³-hybridized carbons (Fsp3) is 0.640. The molecule has 4 atom stereocenters. The second-order valence-electron chi connectivity index (χ2n) is 11.5. The Hall–Kier alpha value is -2.89. The van der Waals surface area contributed by atoms with Crippen molar-refractivity contribution in [2.45, 2.75) is 60.0 Å². The number of nitrogen functional groups attached to an aromatic ring is 1. The van der Waals surface area contributed by atoms with Crippen LogP contribution >= 0.6 is 23.1 Å². The molecule has 1 spiro atoms. The third-order valence-electron chi connectivity index (χ3n) is 9.32. The Morgan fingerprint density at radius 2 is 2.13 bits per heavy atom. The molecule has 1 amide bonds. The number of piperidine rings is 1. The largest absolute Gasteiger partial charge is 0.461 e. The smallest absolute Gasteiger partial charge is 0.323 e. The molecule has 0 radical (unpaired) electrons. The summed E-state index contributed by atoms with van der Waals surface area (Å²) in [6, 6.07) is 2.37. The van der Waals surface area contributed by atoms with E-state index in [2.05, 4.69) is 26.2 Å². The van der Waals surface area contributed by atoms with Gasteiger partial charge in [-0.05, 0) is 25.8 Å². The third-order valence-corrected chi connectivity index (χ3v) is 12.0. The van der Waals surface area contributed by atoms with Gasteiger partial charge in [-0.3, -0.25) is 9.69 Å². The van der Waals surface area contributed by atoms with Gasteiger partial charge in [0.2, 0.25) is 17.8 Å². The van der Waals surface area contributed by atoms with E-state index in [1.807, 2.05) is 16.7 Å². The number of carbonyl (C=O) groups is 1. The van der Waals surface area contributed by atoms with Crippen LogP contribution in [0.1, 0.15) is 41.7 Å². The highest BCUT2D eigenvalue weighted by Gasteiger charge is 2.54. The molecule has 204 valence electrons. The van der Waals surface area contributed by atoms with Crippen LogP contribution in [0, 0.1) is 11.3 Å². The Labute approximate surface area is 232 Å². The summed E-state index contributed by atoms with van der Waals surface area (Å²) in [6.45, 7) is 3.52. The zero-order chi connectivity index (χ0) is 26.5. The van der Waals surface area contributed by atoms with Crippen molar-refractivity contribution >= 4 is 45.9 Å². The van der Waals surface area contributed by atoms with Gasteiger partial charge in [0.1, 0.15) is 29.9 Å². The lowest BCUT2D eigenvalue weighted by atomic mass is 9.88. The lowest BCUT2D eigenvalue weighted by Gasteiger charge is -2.52. The van der Waals surface area contributed by atoms with Gasteiger partial charge in [0.05, 0.1) is 21.9 Å². The van der Waals surface area contributed by atoms with E-state index in [0.717, 1.165) is 37.1 Å². The second kappa shape index (κ2) is 8.31. The number of hydrogen-bond donors (Lipinski definition) is 2. The molecule has 11 nitrogen and oxygen atoms in total. The van der Waals surface area contributed by atoms with E-state index in [1.165, 1.54) is 16.2 Å². The Morgan fingerprint density at radius 3 is 2.92 bits per heavy atom. The van der Waals surface area contributed by atoms with Crippen molar-refractivity contribution in [3.05, 3.63) is 16.0 Å². The van der Waals surface area contributed by atoms with Crippen LogP contribution in [-0.4, -0.2) is 88.9 Å². The van der Waals surface area contributed by atoms with Gasteiger partial charge >= 0.3 is 6.01 Å². The lowest BCUT2D eigenvalue weighted by Crippen LogP contribution is -2.71. The number of nitrogens with two attached hydrogens (primary N) is 1. The van der Waals surface area contributed by atoms with Gasteiger partial charge in [0.25, 0.3) is 0 Å². The van der Waals surface area contributed by atoms with E-state index in [4.69, 9.17) is 20.4 Å². The van der Waals surface area contributed by atoms with Gasteiger partial charge in [-0.2, -0.15) is 20.2 Å². The summed E-state index contributed by atoms with van der Waals surface area (Å²) in [5.41, 5.74) is 7.50. The monoisotopic (exact) mass is 569 g/mol. The van der Waals surface area contributed by atoms with Gasteiger partial charge in [-0.1, -0.05) is 0 Å². The number of ether oxygens (including phenoxy) is 1. The lowest BCUT2D eigenvalue weighted by molar-refractivity contribution is -0.127. The van der Waals surface area contributed by atoms with Gasteiger partial charge in [0.15, 0.2) is 0 Å². The Balaban J connectivity index is 1.09. The molecule has 14 heteroatoms. The second-order valence-corrected chi connectivity index (χ2v) is 14.0. The molecule has 2 unspecified atom stereocenters. The number of piperazine rings is 1. The number of nitrogens with zero attached hydrogens (tertiary/aromatic N) is 7. The number of nitrogens with one attached hydrogen (secondary N) is 1. The number of rotatable bonds is 5. The summed E-state index contributed by atoms with van der Waals surface area (Å²) in [7, 11) is 0. The molecular formula is C25H28FN9O2S2. The first kappa shape index (κ1) is 24.0. The Morgan fingerprint density at radius 1 is 1.28 bits per heavy atom. The normalized spacial score (nSPS) is 31.9. The molecule has 0 aromatic carbocycles. The topological polar surface area (TPSA) is 137 Å². The summed E-state index contributed by atoms with van der Waals surface area (Å²) in [5, 5.41) is 13.3. The SMILES string of the molecule is N#Cc1c(N)sc2c1C1(CN(c3nc(OC[C@@]45CCCN4C[C@H](F)C5)nc(N4C5CNC(=O)C4C5)n3)C1)SC2. The van der Waals surface area contributed by atoms with Crippen molar-refractivity contribution in [2.24, 2.45) is 0 Å². The number of anilines is 3. The standard InChI is InChI=1S/C25H28FN9O2S2/c26-13-5-24(2-1-3-34(24)8-13)12-37-23-31-21(30-22(32-23)35-14-4-16(35)20(36)29-7-14)33-10-25(11-33)18-15(6-27)19(28)39-17(18)9-38-25/h13-14,16H,1-5,7-12,28H2,(H,29,36)/t13-,14?,16?,24+/m1/s1.